The Labute approximate surface area is 134 Å². The van der Waals surface area contributed by atoms with Crippen molar-refractivity contribution in [2.45, 2.75) is 6.42 Å². The third-order valence-corrected chi connectivity index (χ3v) is 3.74. The van der Waals surface area contributed by atoms with Gasteiger partial charge in [0.05, 0.1) is 12.7 Å². The number of carbonyl (C=O) groups is 1. The summed E-state index contributed by atoms with van der Waals surface area (Å²) in [4.78, 5) is 12.0. The molecule has 1 heterocycles. The minimum absolute atomic E-state index is 0.145. The molecule has 0 saturated heterocycles. The van der Waals surface area contributed by atoms with Crippen molar-refractivity contribution < 1.29 is 13.9 Å². The number of esters is 1. The fraction of sp³-hybridized carbons (Fsp3) is 0.0625. The molecule has 1 aromatic heterocycles. The first-order valence-electron chi connectivity index (χ1n) is 6.24. The molecule has 0 spiro atoms. The van der Waals surface area contributed by atoms with Crippen LogP contribution in [0.2, 0.25) is 5.02 Å². The molecule has 0 amide bonds. The van der Waals surface area contributed by atoms with Gasteiger partial charge in [0.15, 0.2) is 0 Å². The minimum Gasteiger partial charge on any atom is -0.464 e. The number of furan rings is 1. The van der Waals surface area contributed by atoms with Crippen LogP contribution in [-0.2, 0) is 11.2 Å². The average molecular weight is 366 g/mol. The fourth-order valence-electron chi connectivity index (χ4n) is 2.02. The van der Waals surface area contributed by atoms with Crippen molar-refractivity contribution in [2.24, 2.45) is 0 Å². The van der Waals surface area contributed by atoms with E-state index in [1.54, 1.807) is 30.5 Å². The lowest BCUT2D eigenvalue weighted by atomic mass is 10.1. The first kappa shape index (κ1) is 14.2. The Kier molecular flexibility index (Phi) is 3.99. The molecular formula is C16H10BrClO3. The summed E-state index contributed by atoms with van der Waals surface area (Å²) in [5.41, 5.74) is 1.54. The molecule has 2 aromatic carbocycles. The first-order chi connectivity index (χ1) is 10.1. The van der Waals surface area contributed by atoms with E-state index in [9.17, 15) is 4.79 Å². The van der Waals surface area contributed by atoms with Gasteiger partial charge in [-0.25, -0.2) is 0 Å². The second kappa shape index (κ2) is 5.92. The standard InChI is InChI=1S/C16H10BrClO3/c17-11-1-6-15-14(8-11)10(9-20-15)7-16(19)21-13-4-2-12(18)3-5-13/h1-6,8-9H,7H2. The van der Waals surface area contributed by atoms with Gasteiger partial charge >= 0.3 is 5.97 Å². The van der Waals surface area contributed by atoms with Gasteiger partial charge in [-0.15, -0.1) is 0 Å². The number of halogens is 2. The maximum atomic E-state index is 12.0. The van der Waals surface area contributed by atoms with Gasteiger partial charge < -0.3 is 9.15 Å². The zero-order valence-electron chi connectivity index (χ0n) is 10.8. The summed E-state index contributed by atoms with van der Waals surface area (Å²) >= 11 is 9.19. The second-order valence-corrected chi connectivity index (χ2v) is 5.86. The molecule has 0 aliphatic carbocycles. The van der Waals surface area contributed by atoms with Crippen LogP contribution in [0.5, 0.6) is 5.75 Å². The van der Waals surface area contributed by atoms with Gasteiger partial charge in [-0.2, -0.15) is 0 Å². The molecule has 3 nitrogen and oxygen atoms in total. The van der Waals surface area contributed by atoms with E-state index in [-0.39, 0.29) is 12.4 Å². The number of hydrogen-bond acceptors (Lipinski definition) is 3. The quantitative estimate of drug-likeness (QED) is 0.484. The topological polar surface area (TPSA) is 39.4 Å². The van der Waals surface area contributed by atoms with Crippen LogP contribution in [-0.4, -0.2) is 5.97 Å². The van der Waals surface area contributed by atoms with Gasteiger partial charge in [0.1, 0.15) is 11.3 Å². The monoisotopic (exact) mass is 364 g/mol. The highest BCUT2D eigenvalue weighted by molar-refractivity contribution is 9.10. The molecule has 0 bridgehead atoms. The summed E-state index contributed by atoms with van der Waals surface area (Å²) in [5.74, 6) is 0.123. The molecular weight excluding hydrogens is 356 g/mol. The van der Waals surface area contributed by atoms with Crippen LogP contribution in [0.4, 0.5) is 0 Å². The molecule has 0 atom stereocenters. The van der Waals surface area contributed by atoms with Gasteiger partial charge in [0, 0.05) is 20.4 Å². The molecule has 106 valence electrons. The summed E-state index contributed by atoms with van der Waals surface area (Å²) in [6.45, 7) is 0. The van der Waals surface area contributed by atoms with Gasteiger partial charge in [0.25, 0.3) is 0 Å². The van der Waals surface area contributed by atoms with Gasteiger partial charge in [0.2, 0.25) is 0 Å². The highest BCUT2D eigenvalue weighted by atomic mass is 79.9. The van der Waals surface area contributed by atoms with Crippen molar-refractivity contribution in [3.63, 3.8) is 0 Å². The van der Waals surface area contributed by atoms with Crippen molar-refractivity contribution in [3.8, 4) is 5.75 Å². The van der Waals surface area contributed by atoms with E-state index in [1.807, 2.05) is 18.2 Å². The lowest BCUT2D eigenvalue weighted by Crippen LogP contribution is -2.10. The zero-order chi connectivity index (χ0) is 14.8. The van der Waals surface area contributed by atoms with Crippen LogP contribution < -0.4 is 4.74 Å². The summed E-state index contributed by atoms with van der Waals surface area (Å²) in [7, 11) is 0. The van der Waals surface area contributed by atoms with Crippen molar-refractivity contribution >= 4 is 44.5 Å². The average Bonchev–Trinajstić information content (AvgIpc) is 2.84. The Morgan fingerprint density at radius 3 is 2.71 bits per heavy atom. The van der Waals surface area contributed by atoms with E-state index < -0.39 is 0 Å². The molecule has 0 aliphatic heterocycles. The van der Waals surface area contributed by atoms with Crippen molar-refractivity contribution in [1.82, 2.24) is 0 Å². The summed E-state index contributed by atoms with van der Waals surface area (Å²) in [5, 5.41) is 1.50. The molecule has 0 N–H and O–H groups in total. The van der Waals surface area contributed by atoms with Gasteiger partial charge in [-0.3, -0.25) is 4.79 Å². The maximum absolute atomic E-state index is 12.0. The smallest absolute Gasteiger partial charge is 0.315 e. The van der Waals surface area contributed by atoms with E-state index in [1.165, 1.54) is 0 Å². The molecule has 3 rings (SSSR count). The number of hydrogen-bond donors (Lipinski definition) is 0. The van der Waals surface area contributed by atoms with Gasteiger partial charge in [-0.05, 0) is 42.5 Å². The number of carbonyl (C=O) groups excluding carboxylic acids is 1. The number of ether oxygens (including phenoxy) is 1. The Balaban J connectivity index is 1.77. The highest BCUT2D eigenvalue weighted by Gasteiger charge is 2.12. The Hall–Kier alpha value is -1.78. The first-order valence-corrected chi connectivity index (χ1v) is 7.41. The Morgan fingerprint density at radius 2 is 1.95 bits per heavy atom. The SMILES string of the molecule is O=C(Cc1coc2ccc(Br)cc12)Oc1ccc(Cl)cc1. The lowest BCUT2D eigenvalue weighted by Gasteiger charge is -2.03. The molecule has 5 heteroatoms. The lowest BCUT2D eigenvalue weighted by molar-refractivity contribution is -0.133. The van der Waals surface area contributed by atoms with E-state index in [0.717, 1.165) is 21.0 Å². The fourth-order valence-corrected chi connectivity index (χ4v) is 2.50. The van der Waals surface area contributed by atoms with Crippen molar-refractivity contribution in [3.05, 3.63) is 63.8 Å². The van der Waals surface area contributed by atoms with E-state index in [2.05, 4.69) is 15.9 Å². The normalized spacial score (nSPS) is 10.8. The molecule has 3 aromatic rings. The predicted molar refractivity (Wildman–Crippen MR) is 84.7 cm³/mol. The largest absolute Gasteiger partial charge is 0.464 e. The Morgan fingerprint density at radius 1 is 1.19 bits per heavy atom. The maximum Gasteiger partial charge on any atom is 0.315 e. The highest BCUT2D eigenvalue weighted by Crippen LogP contribution is 2.25. The summed E-state index contributed by atoms with van der Waals surface area (Å²) in [6.07, 6.45) is 1.73. The van der Waals surface area contributed by atoms with Crippen LogP contribution in [0, 0.1) is 0 Å². The van der Waals surface area contributed by atoms with Crippen LogP contribution in [0.1, 0.15) is 5.56 Å². The molecule has 0 aliphatic rings. The van der Waals surface area contributed by atoms with E-state index in [4.69, 9.17) is 20.8 Å². The molecule has 0 unspecified atom stereocenters. The summed E-state index contributed by atoms with van der Waals surface area (Å²) < 4.78 is 11.6. The van der Waals surface area contributed by atoms with E-state index in [0.29, 0.717) is 10.8 Å². The number of rotatable bonds is 3. The van der Waals surface area contributed by atoms with Crippen molar-refractivity contribution in [1.29, 1.82) is 0 Å². The molecule has 0 saturated carbocycles. The number of benzene rings is 2. The molecule has 21 heavy (non-hydrogen) atoms. The minimum atomic E-state index is -0.347. The van der Waals surface area contributed by atoms with Gasteiger partial charge in [-0.1, -0.05) is 27.5 Å². The van der Waals surface area contributed by atoms with Crippen molar-refractivity contribution in [2.75, 3.05) is 0 Å². The molecule has 0 radical (unpaired) electrons. The molecule has 0 fully saturated rings. The van der Waals surface area contributed by atoms with E-state index >= 15 is 0 Å². The summed E-state index contributed by atoms with van der Waals surface area (Å²) in [6, 6.07) is 12.3. The predicted octanol–water partition coefficient (Wildman–Crippen LogP) is 5.00. The third-order valence-electron chi connectivity index (χ3n) is 3.00. The van der Waals surface area contributed by atoms with Crippen LogP contribution in [0.25, 0.3) is 11.0 Å². The van der Waals surface area contributed by atoms with Crippen LogP contribution in [0.15, 0.2) is 57.6 Å². The number of fused-ring (bicyclic) bond motifs is 1. The zero-order valence-corrected chi connectivity index (χ0v) is 13.1. The second-order valence-electron chi connectivity index (χ2n) is 4.51. The van der Waals surface area contributed by atoms with Crippen LogP contribution in [0.3, 0.4) is 0 Å². The Bertz CT molecular complexity index is 793. The third kappa shape index (κ3) is 3.28. The van der Waals surface area contributed by atoms with Crippen LogP contribution >= 0.6 is 27.5 Å².